The summed E-state index contributed by atoms with van der Waals surface area (Å²) in [5.41, 5.74) is -0.458. The van der Waals surface area contributed by atoms with Gasteiger partial charge in [0.25, 0.3) is 5.56 Å². The van der Waals surface area contributed by atoms with E-state index in [0.717, 1.165) is 15.3 Å². The first-order chi connectivity index (χ1) is 9.16. The fourth-order valence-electron chi connectivity index (χ4n) is 2.10. The van der Waals surface area contributed by atoms with Crippen molar-refractivity contribution in [2.45, 2.75) is 0 Å². The van der Waals surface area contributed by atoms with Crippen LogP contribution in [0.15, 0.2) is 58.1 Å². The number of hydrogen-bond acceptors (Lipinski definition) is 2. The molecule has 0 aliphatic heterocycles. The van der Waals surface area contributed by atoms with Crippen LogP contribution in [0.25, 0.3) is 16.5 Å². The summed E-state index contributed by atoms with van der Waals surface area (Å²) in [4.78, 5) is 26.3. The second-order valence-corrected chi connectivity index (χ2v) is 4.50. The molecule has 5 heteroatoms. The van der Waals surface area contributed by atoms with Crippen molar-refractivity contribution < 1.29 is 0 Å². The van der Waals surface area contributed by atoms with Crippen molar-refractivity contribution in [3.63, 3.8) is 0 Å². The molecular weight excluding hydrogens is 264 g/mol. The average Bonchev–Trinajstić information content (AvgIpc) is 2.38. The Bertz CT molecular complexity index is 844. The predicted octanol–water partition coefficient (Wildman–Crippen LogP) is 2.33. The number of nitrogens with one attached hydrogen (secondary N) is 1. The first-order valence-corrected chi connectivity index (χ1v) is 6.04. The highest BCUT2D eigenvalue weighted by molar-refractivity contribution is 6.29. The number of H-pyrrole nitrogens is 1. The van der Waals surface area contributed by atoms with Crippen LogP contribution in [-0.2, 0) is 0 Å². The van der Waals surface area contributed by atoms with Gasteiger partial charge in [0, 0.05) is 11.5 Å². The second-order valence-electron chi connectivity index (χ2n) is 4.09. The largest absolute Gasteiger partial charge is 0.334 e. The van der Waals surface area contributed by atoms with Crippen LogP contribution in [0.2, 0.25) is 5.15 Å². The van der Waals surface area contributed by atoms with Crippen LogP contribution in [0, 0.1) is 0 Å². The van der Waals surface area contributed by atoms with E-state index in [-0.39, 0.29) is 5.15 Å². The molecule has 0 fully saturated rings. The van der Waals surface area contributed by atoms with Crippen molar-refractivity contribution in [3.05, 3.63) is 74.5 Å². The van der Waals surface area contributed by atoms with Crippen LogP contribution in [-0.4, -0.2) is 9.55 Å². The van der Waals surface area contributed by atoms with Gasteiger partial charge in [-0.15, -0.1) is 0 Å². The standard InChI is InChI=1S/C14H9ClN2O2/c15-12-8-13(18)17(14(19)16-12)11-7-3-5-9-4-1-2-6-10(9)11/h1-8H,(H,16,19). The number of nitrogens with zero attached hydrogens (tertiary/aromatic N) is 1. The molecule has 1 N–H and O–H groups in total. The number of rotatable bonds is 1. The van der Waals surface area contributed by atoms with Crippen LogP contribution in [0.3, 0.4) is 0 Å². The van der Waals surface area contributed by atoms with Crippen LogP contribution in [0.1, 0.15) is 0 Å². The van der Waals surface area contributed by atoms with Crippen LogP contribution in [0.4, 0.5) is 0 Å². The van der Waals surface area contributed by atoms with E-state index < -0.39 is 11.2 Å². The van der Waals surface area contributed by atoms with Gasteiger partial charge in [0.05, 0.1) is 5.69 Å². The van der Waals surface area contributed by atoms with Gasteiger partial charge in [0.15, 0.2) is 0 Å². The molecule has 0 bridgehead atoms. The Morgan fingerprint density at radius 3 is 2.53 bits per heavy atom. The summed E-state index contributed by atoms with van der Waals surface area (Å²) in [6.45, 7) is 0. The molecular formula is C14H9ClN2O2. The molecule has 0 saturated heterocycles. The Labute approximate surface area is 112 Å². The number of benzene rings is 2. The van der Waals surface area contributed by atoms with E-state index in [0.29, 0.717) is 5.69 Å². The molecule has 0 spiro atoms. The lowest BCUT2D eigenvalue weighted by atomic mass is 10.1. The summed E-state index contributed by atoms with van der Waals surface area (Å²) in [5.74, 6) is 0. The van der Waals surface area contributed by atoms with Crippen molar-refractivity contribution >= 4 is 22.4 Å². The SMILES string of the molecule is O=c1cc(Cl)[nH]c(=O)n1-c1cccc2ccccc12. The maximum absolute atomic E-state index is 12.0. The van der Waals surface area contributed by atoms with Gasteiger partial charge in [0.1, 0.15) is 5.15 Å². The van der Waals surface area contributed by atoms with E-state index in [1.165, 1.54) is 6.07 Å². The normalized spacial score (nSPS) is 10.8. The molecule has 0 amide bonds. The zero-order chi connectivity index (χ0) is 13.4. The highest BCUT2D eigenvalue weighted by Crippen LogP contribution is 2.19. The fourth-order valence-corrected chi connectivity index (χ4v) is 2.27. The molecule has 4 nitrogen and oxygen atoms in total. The molecule has 19 heavy (non-hydrogen) atoms. The van der Waals surface area contributed by atoms with Gasteiger partial charge in [-0.2, -0.15) is 0 Å². The van der Waals surface area contributed by atoms with E-state index >= 15 is 0 Å². The van der Waals surface area contributed by atoms with Crippen molar-refractivity contribution in [2.24, 2.45) is 0 Å². The maximum Gasteiger partial charge on any atom is 0.334 e. The molecule has 0 aliphatic carbocycles. The molecule has 0 atom stereocenters. The van der Waals surface area contributed by atoms with Crippen molar-refractivity contribution in [2.75, 3.05) is 0 Å². The lowest BCUT2D eigenvalue weighted by molar-refractivity contribution is 0.882. The Kier molecular flexibility index (Phi) is 2.72. The third-order valence-electron chi connectivity index (χ3n) is 2.91. The quantitative estimate of drug-likeness (QED) is 0.691. The summed E-state index contributed by atoms with van der Waals surface area (Å²) in [7, 11) is 0. The topological polar surface area (TPSA) is 54.9 Å². The molecule has 0 saturated carbocycles. The number of hydrogen-bond donors (Lipinski definition) is 1. The third-order valence-corrected chi connectivity index (χ3v) is 3.11. The number of halogens is 1. The molecule has 1 heterocycles. The minimum atomic E-state index is -0.547. The van der Waals surface area contributed by atoms with Crippen LogP contribution < -0.4 is 11.2 Å². The fraction of sp³-hybridized carbons (Fsp3) is 0. The highest BCUT2D eigenvalue weighted by atomic mass is 35.5. The van der Waals surface area contributed by atoms with Gasteiger partial charge in [-0.3, -0.25) is 9.78 Å². The van der Waals surface area contributed by atoms with Crippen molar-refractivity contribution in [1.29, 1.82) is 0 Å². The summed E-state index contributed by atoms with van der Waals surface area (Å²) < 4.78 is 1.08. The van der Waals surface area contributed by atoms with Crippen LogP contribution in [0.5, 0.6) is 0 Å². The van der Waals surface area contributed by atoms with Gasteiger partial charge in [-0.05, 0) is 11.5 Å². The highest BCUT2D eigenvalue weighted by Gasteiger charge is 2.08. The Morgan fingerprint density at radius 2 is 1.74 bits per heavy atom. The molecule has 94 valence electrons. The van der Waals surface area contributed by atoms with E-state index in [4.69, 9.17) is 11.6 Å². The minimum Gasteiger partial charge on any atom is -0.297 e. The number of aromatic nitrogens is 2. The summed E-state index contributed by atoms with van der Waals surface area (Å²) in [6.07, 6.45) is 0. The molecule has 1 aromatic heterocycles. The second kappa shape index (κ2) is 4.40. The maximum atomic E-state index is 12.0. The molecule has 3 aromatic rings. The van der Waals surface area contributed by atoms with E-state index in [2.05, 4.69) is 4.98 Å². The van der Waals surface area contributed by atoms with Gasteiger partial charge in [-0.1, -0.05) is 48.0 Å². The Morgan fingerprint density at radius 1 is 1.00 bits per heavy atom. The first kappa shape index (κ1) is 11.7. The number of fused-ring (bicyclic) bond motifs is 1. The third kappa shape index (κ3) is 1.96. The van der Waals surface area contributed by atoms with E-state index in [1.54, 1.807) is 12.1 Å². The summed E-state index contributed by atoms with van der Waals surface area (Å²) >= 11 is 5.66. The zero-order valence-electron chi connectivity index (χ0n) is 9.76. The molecule has 2 aromatic carbocycles. The monoisotopic (exact) mass is 272 g/mol. The van der Waals surface area contributed by atoms with Gasteiger partial charge >= 0.3 is 5.69 Å². The lowest BCUT2D eigenvalue weighted by Gasteiger charge is -2.08. The summed E-state index contributed by atoms with van der Waals surface area (Å²) in [6, 6.07) is 14.2. The molecule has 3 rings (SSSR count). The Hall–Kier alpha value is -2.33. The molecule has 0 unspecified atom stereocenters. The van der Waals surface area contributed by atoms with Gasteiger partial charge in [0.2, 0.25) is 0 Å². The lowest BCUT2D eigenvalue weighted by Crippen LogP contribution is -2.33. The van der Waals surface area contributed by atoms with Crippen molar-refractivity contribution in [1.82, 2.24) is 9.55 Å². The predicted molar refractivity (Wildman–Crippen MR) is 75.2 cm³/mol. The van der Waals surface area contributed by atoms with Crippen molar-refractivity contribution in [3.8, 4) is 5.69 Å². The van der Waals surface area contributed by atoms with E-state index in [1.807, 2.05) is 30.3 Å². The first-order valence-electron chi connectivity index (χ1n) is 5.67. The minimum absolute atomic E-state index is 0.0338. The van der Waals surface area contributed by atoms with Gasteiger partial charge in [-0.25, -0.2) is 9.36 Å². The molecule has 0 radical (unpaired) electrons. The smallest absolute Gasteiger partial charge is 0.297 e. The van der Waals surface area contributed by atoms with E-state index in [9.17, 15) is 9.59 Å². The Balaban J connectivity index is 2.44. The molecule has 0 aliphatic rings. The summed E-state index contributed by atoms with van der Waals surface area (Å²) in [5, 5.41) is 1.83. The zero-order valence-corrected chi connectivity index (χ0v) is 10.5. The average molecular weight is 273 g/mol. The number of aromatic amines is 1. The van der Waals surface area contributed by atoms with Crippen LogP contribution >= 0.6 is 11.6 Å². The van der Waals surface area contributed by atoms with Gasteiger partial charge < -0.3 is 0 Å².